The van der Waals surface area contributed by atoms with Crippen molar-refractivity contribution in [2.24, 2.45) is 0 Å². The van der Waals surface area contributed by atoms with Crippen LogP contribution in [0.3, 0.4) is 0 Å². The second-order valence-corrected chi connectivity index (χ2v) is 6.02. The Morgan fingerprint density at radius 3 is 2.75 bits per heavy atom. The summed E-state index contributed by atoms with van der Waals surface area (Å²) in [5.41, 5.74) is 7.14. The maximum atomic E-state index is 5.98. The van der Waals surface area contributed by atoms with Gasteiger partial charge >= 0.3 is 0 Å². The molecule has 1 aliphatic heterocycles. The summed E-state index contributed by atoms with van der Waals surface area (Å²) in [6.45, 7) is 2.70. The van der Waals surface area contributed by atoms with Gasteiger partial charge in [-0.25, -0.2) is 4.68 Å². The van der Waals surface area contributed by atoms with Gasteiger partial charge in [-0.3, -0.25) is 0 Å². The Kier molecular flexibility index (Phi) is 3.91. The number of rotatable bonds is 3. The van der Waals surface area contributed by atoms with Crippen LogP contribution in [0.2, 0.25) is 0 Å². The zero-order valence-corrected chi connectivity index (χ0v) is 12.9. The Balaban J connectivity index is 1.78. The van der Waals surface area contributed by atoms with Gasteiger partial charge in [0.05, 0.1) is 6.54 Å². The van der Waals surface area contributed by atoms with E-state index < -0.39 is 0 Å². The largest absolute Gasteiger partial charge is 0.368 e. The van der Waals surface area contributed by atoms with Gasteiger partial charge in [0.1, 0.15) is 0 Å². The van der Waals surface area contributed by atoms with Crippen LogP contribution in [-0.4, -0.2) is 27.9 Å². The summed E-state index contributed by atoms with van der Waals surface area (Å²) in [7, 11) is 0. The zero-order chi connectivity index (χ0) is 13.9. The van der Waals surface area contributed by atoms with E-state index in [1.807, 2.05) is 12.1 Å². The molecule has 20 heavy (non-hydrogen) atoms. The summed E-state index contributed by atoms with van der Waals surface area (Å²) < 4.78 is 2.83. The van der Waals surface area contributed by atoms with Crippen molar-refractivity contribution in [2.45, 2.75) is 25.8 Å². The van der Waals surface area contributed by atoms with Crippen molar-refractivity contribution in [1.82, 2.24) is 14.8 Å². The Morgan fingerprint density at radius 2 is 2.00 bits per heavy atom. The van der Waals surface area contributed by atoms with E-state index in [9.17, 15) is 0 Å². The van der Waals surface area contributed by atoms with Gasteiger partial charge in [0.25, 0.3) is 0 Å². The Hall–Kier alpha value is -1.56. The molecule has 3 rings (SSSR count). The minimum Gasteiger partial charge on any atom is -0.368 e. The van der Waals surface area contributed by atoms with Crippen molar-refractivity contribution >= 4 is 27.8 Å². The number of nitrogens with two attached hydrogens (primary N) is 1. The second kappa shape index (κ2) is 5.83. The monoisotopic (exact) mass is 335 g/mol. The van der Waals surface area contributed by atoms with Crippen LogP contribution in [0.25, 0.3) is 0 Å². The van der Waals surface area contributed by atoms with Gasteiger partial charge in [-0.2, -0.15) is 4.98 Å². The van der Waals surface area contributed by atoms with Crippen LogP contribution in [0.1, 0.15) is 24.8 Å². The molecule has 0 bridgehead atoms. The standard InChI is InChI=1S/C14H18BrN5/c15-12-6-4-5-11(9-12)10-20-13(16)17-14(18-20)19-7-2-1-3-8-19/h4-6,9H,1-3,7-8,10H2,(H2,16,17,18). The average molecular weight is 336 g/mol. The molecule has 0 unspecified atom stereocenters. The van der Waals surface area contributed by atoms with Gasteiger partial charge < -0.3 is 10.6 Å². The summed E-state index contributed by atoms with van der Waals surface area (Å²) in [5, 5.41) is 4.55. The number of hydrogen-bond donors (Lipinski definition) is 1. The number of aromatic nitrogens is 3. The van der Waals surface area contributed by atoms with Crippen LogP contribution in [0.5, 0.6) is 0 Å². The van der Waals surface area contributed by atoms with Gasteiger partial charge in [0.15, 0.2) is 0 Å². The van der Waals surface area contributed by atoms with E-state index in [4.69, 9.17) is 5.73 Å². The molecule has 106 valence electrons. The molecule has 6 heteroatoms. The molecular formula is C14H18BrN5. The molecule has 2 heterocycles. The topological polar surface area (TPSA) is 60.0 Å². The zero-order valence-electron chi connectivity index (χ0n) is 11.3. The highest BCUT2D eigenvalue weighted by Crippen LogP contribution is 2.19. The SMILES string of the molecule is Nc1nc(N2CCCCC2)nn1Cc1cccc(Br)c1. The van der Waals surface area contributed by atoms with Gasteiger partial charge in [-0.1, -0.05) is 28.1 Å². The minimum atomic E-state index is 0.477. The number of halogens is 1. The van der Waals surface area contributed by atoms with Crippen LogP contribution < -0.4 is 10.6 Å². The molecule has 1 aromatic carbocycles. The summed E-state index contributed by atoms with van der Waals surface area (Å²) >= 11 is 3.48. The van der Waals surface area contributed by atoms with Crippen molar-refractivity contribution in [2.75, 3.05) is 23.7 Å². The van der Waals surface area contributed by atoms with Crippen LogP contribution in [0.4, 0.5) is 11.9 Å². The summed E-state index contributed by atoms with van der Waals surface area (Å²) in [4.78, 5) is 6.62. The van der Waals surface area contributed by atoms with E-state index in [1.165, 1.54) is 19.3 Å². The van der Waals surface area contributed by atoms with Crippen LogP contribution in [-0.2, 0) is 6.54 Å². The minimum absolute atomic E-state index is 0.477. The molecule has 1 aliphatic rings. The number of piperidine rings is 1. The fourth-order valence-electron chi connectivity index (χ4n) is 2.49. The lowest BCUT2D eigenvalue weighted by Crippen LogP contribution is -2.30. The van der Waals surface area contributed by atoms with E-state index in [2.05, 4.69) is 43.0 Å². The van der Waals surface area contributed by atoms with E-state index in [1.54, 1.807) is 4.68 Å². The summed E-state index contributed by atoms with van der Waals surface area (Å²) in [6.07, 6.45) is 3.71. The van der Waals surface area contributed by atoms with Gasteiger partial charge in [0, 0.05) is 17.6 Å². The third-order valence-corrected chi connectivity index (χ3v) is 4.04. The first-order valence-corrected chi connectivity index (χ1v) is 7.71. The lowest BCUT2D eigenvalue weighted by Gasteiger charge is -2.24. The molecule has 2 N–H and O–H groups in total. The second-order valence-electron chi connectivity index (χ2n) is 5.11. The van der Waals surface area contributed by atoms with Gasteiger partial charge in [0.2, 0.25) is 11.9 Å². The molecule has 0 aliphatic carbocycles. The average Bonchev–Trinajstić information content (AvgIpc) is 2.81. The molecule has 0 saturated carbocycles. The Morgan fingerprint density at radius 1 is 1.20 bits per heavy atom. The van der Waals surface area contributed by atoms with Crippen molar-refractivity contribution < 1.29 is 0 Å². The molecule has 0 radical (unpaired) electrons. The van der Waals surface area contributed by atoms with Gasteiger partial charge in [-0.05, 0) is 37.0 Å². The first-order chi connectivity index (χ1) is 9.72. The van der Waals surface area contributed by atoms with Crippen LogP contribution in [0.15, 0.2) is 28.7 Å². The van der Waals surface area contributed by atoms with Crippen molar-refractivity contribution in [3.63, 3.8) is 0 Å². The third-order valence-electron chi connectivity index (χ3n) is 3.55. The molecule has 0 spiro atoms. The van der Waals surface area contributed by atoms with E-state index in [0.717, 1.165) is 29.1 Å². The maximum Gasteiger partial charge on any atom is 0.246 e. The normalized spacial score (nSPS) is 15.6. The fourth-order valence-corrected chi connectivity index (χ4v) is 2.94. The first-order valence-electron chi connectivity index (χ1n) is 6.92. The predicted octanol–water partition coefficient (Wildman–Crippen LogP) is 2.66. The molecule has 1 saturated heterocycles. The summed E-state index contributed by atoms with van der Waals surface area (Å²) in [5.74, 6) is 1.24. The molecule has 0 amide bonds. The maximum absolute atomic E-state index is 5.98. The fraction of sp³-hybridized carbons (Fsp3) is 0.429. The van der Waals surface area contributed by atoms with Crippen LogP contribution in [0, 0.1) is 0 Å². The molecular weight excluding hydrogens is 318 g/mol. The smallest absolute Gasteiger partial charge is 0.246 e. The molecule has 5 nitrogen and oxygen atoms in total. The van der Waals surface area contributed by atoms with E-state index >= 15 is 0 Å². The molecule has 2 aromatic rings. The van der Waals surface area contributed by atoms with E-state index in [-0.39, 0.29) is 0 Å². The Bertz CT molecular complexity index is 589. The molecule has 1 fully saturated rings. The quantitative estimate of drug-likeness (QED) is 0.936. The highest BCUT2D eigenvalue weighted by atomic mass is 79.9. The predicted molar refractivity (Wildman–Crippen MR) is 83.7 cm³/mol. The lowest BCUT2D eigenvalue weighted by atomic mass is 10.1. The van der Waals surface area contributed by atoms with Crippen molar-refractivity contribution in [1.29, 1.82) is 0 Å². The van der Waals surface area contributed by atoms with Crippen molar-refractivity contribution in [3.8, 4) is 0 Å². The third kappa shape index (κ3) is 2.95. The number of benzene rings is 1. The first kappa shape index (κ1) is 13.4. The summed E-state index contributed by atoms with van der Waals surface area (Å²) in [6, 6.07) is 8.15. The highest BCUT2D eigenvalue weighted by molar-refractivity contribution is 9.10. The lowest BCUT2D eigenvalue weighted by molar-refractivity contribution is 0.564. The number of nitrogen functional groups attached to an aromatic ring is 1. The number of anilines is 2. The molecule has 1 aromatic heterocycles. The molecule has 0 atom stereocenters. The van der Waals surface area contributed by atoms with E-state index in [0.29, 0.717) is 12.5 Å². The van der Waals surface area contributed by atoms with Crippen LogP contribution >= 0.6 is 15.9 Å². The van der Waals surface area contributed by atoms with Gasteiger partial charge in [-0.15, -0.1) is 5.10 Å². The number of hydrogen-bond acceptors (Lipinski definition) is 4. The van der Waals surface area contributed by atoms with Crippen molar-refractivity contribution in [3.05, 3.63) is 34.3 Å². The number of nitrogens with zero attached hydrogens (tertiary/aromatic N) is 4. The Labute approximate surface area is 126 Å². The highest BCUT2D eigenvalue weighted by Gasteiger charge is 2.16.